The number of furan rings is 1. The normalized spacial score (nSPS) is 10.9. The summed E-state index contributed by atoms with van der Waals surface area (Å²) < 4.78 is 7.51. The summed E-state index contributed by atoms with van der Waals surface area (Å²) in [4.78, 5) is 12.4. The predicted octanol–water partition coefficient (Wildman–Crippen LogP) is 4.74. The second kappa shape index (κ2) is 10.8. The van der Waals surface area contributed by atoms with Gasteiger partial charge in [0, 0.05) is 6.54 Å². The number of aryl methyl sites for hydroxylation is 2. The van der Waals surface area contributed by atoms with Gasteiger partial charge in [0.05, 0.1) is 24.1 Å². The molecule has 0 bridgehead atoms. The van der Waals surface area contributed by atoms with Crippen molar-refractivity contribution in [1.29, 1.82) is 0 Å². The first-order valence-corrected chi connectivity index (χ1v) is 11.6. The topological polar surface area (TPSA) is 72.9 Å². The molecule has 4 aromatic rings. The molecule has 0 radical (unpaired) electrons. The van der Waals surface area contributed by atoms with Gasteiger partial charge in [0.15, 0.2) is 11.0 Å². The molecule has 4 rings (SSSR count). The Balaban J connectivity index is 1.37. The third-order valence-electron chi connectivity index (χ3n) is 5.14. The van der Waals surface area contributed by atoms with Gasteiger partial charge >= 0.3 is 0 Å². The SMILES string of the molecule is Cc1occc1-c1nnc(SCC(=O)NCCCc2ccccc2)n1Cc1ccccc1. The Hall–Kier alpha value is -3.32. The van der Waals surface area contributed by atoms with Crippen LogP contribution < -0.4 is 5.32 Å². The van der Waals surface area contributed by atoms with Crippen LogP contribution in [0.5, 0.6) is 0 Å². The van der Waals surface area contributed by atoms with Gasteiger partial charge in [-0.1, -0.05) is 72.4 Å². The first kappa shape index (κ1) is 21.9. The fourth-order valence-corrected chi connectivity index (χ4v) is 4.23. The van der Waals surface area contributed by atoms with E-state index in [4.69, 9.17) is 4.42 Å². The molecular formula is C25H26N4O2S. The van der Waals surface area contributed by atoms with Crippen LogP contribution >= 0.6 is 11.8 Å². The third kappa shape index (κ3) is 5.68. The van der Waals surface area contributed by atoms with Crippen molar-refractivity contribution in [2.24, 2.45) is 0 Å². The number of amides is 1. The van der Waals surface area contributed by atoms with E-state index in [1.54, 1.807) is 6.26 Å². The Morgan fingerprint density at radius 1 is 1.00 bits per heavy atom. The Kier molecular flexibility index (Phi) is 7.40. The zero-order valence-electron chi connectivity index (χ0n) is 18.0. The van der Waals surface area contributed by atoms with Gasteiger partial charge < -0.3 is 9.73 Å². The third-order valence-corrected chi connectivity index (χ3v) is 6.11. The Labute approximate surface area is 192 Å². The van der Waals surface area contributed by atoms with E-state index < -0.39 is 0 Å². The van der Waals surface area contributed by atoms with Crippen molar-refractivity contribution in [1.82, 2.24) is 20.1 Å². The average Bonchev–Trinajstić information content (AvgIpc) is 3.42. The van der Waals surface area contributed by atoms with Gasteiger partial charge in [-0.05, 0) is 37.0 Å². The molecule has 2 aromatic heterocycles. The highest BCUT2D eigenvalue weighted by Gasteiger charge is 2.18. The fourth-order valence-electron chi connectivity index (χ4n) is 3.47. The number of nitrogens with zero attached hydrogens (tertiary/aromatic N) is 3. The summed E-state index contributed by atoms with van der Waals surface area (Å²) in [6, 6.07) is 22.4. The molecule has 0 unspecified atom stereocenters. The average molecular weight is 447 g/mol. The second-order valence-electron chi connectivity index (χ2n) is 7.50. The van der Waals surface area contributed by atoms with Crippen molar-refractivity contribution in [3.63, 3.8) is 0 Å². The number of rotatable bonds is 10. The molecule has 0 spiro atoms. The molecule has 164 valence electrons. The summed E-state index contributed by atoms with van der Waals surface area (Å²) in [7, 11) is 0. The molecule has 1 N–H and O–H groups in total. The molecule has 0 saturated heterocycles. The number of aromatic nitrogens is 3. The Morgan fingerprint density at radius 3 is 2.41 bits per heavy atom. The highest BCUT2D eigenvalue weighted by molar-refractivity contribution is 7.99. The second-order valence-corrected chi connectivity index (χ2v) is 8.44. The first-order valence-electron chi connectivity index (χ1n) is 10.7. The van der Waals surface area contributed by atoms with Crippen LogP contribution in [0.15, 0.2) is 82.6 Å². The Bertz CT molecular complexity index is 1140. The number of thioether (sulfide) groups is 1. The van der Waals surface area contributed by atoms with Crippen molar-refractivity contribution in [2.45, 2.75) is 31.5 Å². The van der Waals surface area contributed by atoms with Crippen LogP contribution in [0, 0.1) is 6.92 Å². The van der Waals surface area contributed by atoms with Crippen LogP contribution in [0.4, 0.5) is 0 Å². The predicted molar refractivity (Wildman–Crippen MR) is 127 cm³/mol. The van der Waals surface area contributed by atoms with Gasteiger partial charge in [0.1, 0.15) is 5.76 Å². The van der Waals surface area contributed by atoms with E-state index in [9.17, 15) is 4.79 Å². The summed E-state index contributed by atoms with van der Waals surface area (Å²) in [5, 5.41) is 12.5. The molecule has 32 heavy (non-hydrogen) atoms. The maximum atomic E-state index is 12.4. The van der Waals surface area contributed by atoms with Gasteiger partial charge in [0.25, 0.3) is 0 Å². The quantitative estimate of drug-likeness (QED) is 0.281. The summed E-state index contributed by atoms with van der Waals surface area (Å²) in [5.41, 5.74) is 3.33. The van der Waals surface area contributed by atoms with Gasteiger partial charge in [-0.25, -0.2) is 0 Å². The van der Waals surface area contributed by atoms with Crippen LogP contribution in [0.3, 0.4) is 0 Å². The number of carbonyl (C=O) groups excluding carboxylic acids is 1. The molecule has 2 aromatic carbocycles. The molecule has 7 heteroatoms. The lowest BCUT2D eigenvalue weighted by atomic mass is 10.1. The van der Waals surface area contributed by atoms with Crippen LogP contribution in [0.1, 0.15) is 23.3 Å². The van der Waals surface area contributed by atoms with Crippen molar-refractivity contribution in [3.05, 3.63) is 89.9 Å². The standard InChI is InChI=1S/C25H26N4O2S/c1-19-22(14-16-31-19)24-27-28-25(29(24)17-21-11-6-3-7-12-21)32-18-23(30)26-15-8-13-20-9-4-2-5-10-20/h2-7,9-12,14,16H,8,13,15,17-18H2,1H3,(H,26,30). The monoisotopic (exact) mass is 446 g/mol. The zero-order valence-corrected chi connectivity index (χ0v) is 18.8. The maximum absolute atomic E-state index is 12.4. The largest absolute Gasteiger partial charge is 0.469 e. The lowest BCUT2D eigenvalue weighted by Gasteiger charge is -2.10. The highest BCUT2D eigenvalue weighted by Crippen LogP contribution is 2.27. The lowest BCUT2D eigenvalue weighted by Crippen LogP contribution is -2.26. The van der Waals surface area contributed by atoms with E-state index in [0.717, 1.165) is 35.6 Å². The van der Waals surface area contributed by atoms with E-state index in [-0.39, 0.29) is 5.91 Å². The van der Waals surface area contributed by atoms with Crippen molar-refractivity contribution >= 4 is 17.7 Å². The molecule has 0 aliphatic heterocycles. The minimum atomic E-state index is -0.00151. The van der Waals surface area contributed by atoms with Crippen molar-refractivity contribution < 1.29 is 9.21 Å². The molecular weight excluding hydrogens is 420 g/mol. The molecule has 0 aliphatic carbocycles. The van der Waals surface area contributed by atoms with E-state index in [1.807, 2.05) is 54.0 Å². The minimum Gasteiger partial charge on any atom is -0.469 e. The molecule has 0 atom stereocenters. The van der Waals surface area contributed by atoms with Gasteiger partial charge in [-0.3, -0.25) is 9.36 Å². The van der Waals surface area contributed by atoms with E-state index in [2.05, 4.69) is 39.8 Å². The van der Waals surface area contributed by atoms with Crippen LogP contribution in [-0.4, -0.2) is 33.0 Å². The van der Waals surface area contributed by atoms with E-state index in [0.29, 0.717) is 24.0 Å². The summed E-state index contributed by atoms with van der Waals surface area (Å²) in [5.74, 6) is 1.83. The first-order chi connectivity index (χ1) is 15.7. The van der Waals surface area contributed by atoms with E-state index in [1.165, 1.54) is 17.3 Å². The van der Waals surface area contributed by atoms with Crippen LogP contribution in [0.25, 0.3) is 11.4 Å². The molecule has 2 heterocycles. The lowest BCUT2D eigenvalue weighted by molar-refractivity contribution is -0.118. The smallest absolute Gasteiger partial charge is 0.230 e. The summed E-state index contributed by atoms with van der Waals surface area (Å²) >= 11 is 1.40. The summed E-state index contributed by atoms with van der Waals surface area (Å²) in [6.45, 7) is 3.19. The number of hydrogen-bond donors (Lipinski definition) is 1. The fraction of sp³-hybridized carbons (Fsp3) is 0.240. The molecule has 0 saturated carbocycles. The molecule has 0 aliphatic rings. The number of hydrogen-bond acceptors (Lipinski definition) is 5. The van der Waals surface area contributed by atoms with Gasteiger partial charge in [0.2, 0.25) is 5.91 Å². The molecule has 0 fully saturated rings. The van der Waals surface area contributed by atoms with Gasteiger partial charge in [-0.15, -0.1) is 10.2 Å². The van der Waals surface area contributed by atoms with Gasteiger partial charge in [-0.2, -0.15) is 0 Å². The number of nitrogens with one attached hydrogen (secondary N) is 1. The van der Waals surface area contributed by atoms with Crippen molar-refractivity contribution in [3.8, 4) is 11.4 Å². The number of carbonyl (C=O) groups is 1. The Morgan fingerprint density at radius 2 is 1.72 bits per heavy atom. The minimum absolute atomic E-state index is 0.00151. The highest BCUT2D eigenvalue weighted by atomic mass is 32.2. The molecule has 6 nitrogen and oxygen atoms in total. The molecule has 1 amide bonds. The summed E-state index contributed by atoms with van der Waals surface area (Å²) in [6.07, 6.45) is 3.52. The van der Waals surface area contributed by atoms with Crippen LogP contribution in [0.2, 0.25) is 0 Å². The van der Waals surface area contributed by atoms with E-state index >= 15 is 0 Å². The van der Waals surface area contributed by atoms with Crippen LogP contribution in [-0.2, 0) is 17.8 Å². The maximum Gasteiger partial charge on any atom is 0.230 e. The van der Waals surface area contributed by atoms with Crippen molar-refractivity contribution in [2.75, 3.05) is 12.3 Å². The zero-order chi connectivity index (χ0) is 22.2. The number of benzene rings is 2.